The van der Waals surface area contributed by atoms with Gasteiger partial charge in [0.25, 0.3) is 0 Å². The first-order chi connectivity index (χ1) is 7.50. The van der Waals surface area contributed by atoms with Crippen LogP contribution in [0.25, 0.3) is 0 Å². The first-order valence-corrected chi connectivity index (χ1v) is 5.80. The minimum Gasteiger partial charge on any atom is -0.392 e. The zero-order valence-corrected chi connectivity index (χ0v) is 9.94. The molecule has 0 aliphatic heterocycles. The molecule has 0 bridgehead atoms. The summed E-state index contributed by atoms with van der Waals surface area (Å²) in [6, 6.07) is 3.17. The van der Waals surface area contributed by atoms with Crippen molar-refractivity contribution in [2.45, 2.75) is 39.2 Å². The number of pyridine rings is 1. The van der Waals surface area contributed by atoms with Gasteiger partial charge in [-0.25, -0.2) is 4.39 Å². The second kappa shape index (κ2) is 3.81. The van der Waals surface area contributed by atoms with Gasteiger partial charge < -0.3 is 5.11 Å². The molecule has 0 saturated heterocycles. The van der Waals surface area contributed by atoms with Gasteiger partial charge in [-0.3, -0.25) is 4.98 Å². The van der Waals surface area contributed by atoms with Crippen LogP contribution in [-0.2, 0) is 0 Å². The van der Waals surface area contributed by atoms with Crippen molar-refractivity contribution >= 4 is 0 Å². The molecule has 0 amide bonds. The Bertz CT molecular complexity index is 378. The molecule has 0 aromatic carbocycles. The smallest absolute Gasteiger partial charge is 0.141 e. The van der Waals surface area contributed by atoms with Gasteiger partial charge in [-0.05, 0) is 24.5 Å². The monoisotopic (exact) mass is 223 g/mol. The maximum atomic E-state index is 12.8. The molecule has 1 aliphatic carbocycles. The Kier molecular flexibility index (Phi) is 2.74. The van der Waals surface area contributed by atoms with E-state index in [0.29, 0.717) is 0 Å². The summed E-state index contributed by atoms with van der Waals surface area (Å²) in [6.45, 7) is 6.18. The van der Waals surface area contributed by atoms with E-state index < -0.39 is 0 Å². The average Bonchev–Trinajstić information content (AvgIpc) is 2.31. The average molecular weight is 223 g/mol. The van der Waals surface area contributed by atoms with E-state index in [1.165, 1.54) is 12.3 Å². The summed E-state index contributed by atoms with van der Waals surface area (Å²) in [5, 5.41) is 10.0. The summed E-state index contributed by atoms with van der Waals surface area (Å²) in [4.78, 5) is 4.14. The van der Waals surface area contributed by atoms with Crippen molar-refractivity contribution in [3.63, 3.8) is 0 Å². The van der Waals surface area contributed by atoms with E-state index in [1.807, 2.05) is 6.92 Å². The fourth-order valence-electron chi connectivity index (χ4n) is 3.06. The lowest BCUT2D eigenvalue weighted by atomic mass is 9.51. The molecule has 88 valence electrons. The standard InChI is InChI=1S/C13H18FNO/c1-4-13(3)11(8(2)12(13)16)10-6-5-9(14)7-15-10/h5-8,11-12,16H,4H2,1-3H3. The third-order valence-electron chi connectivity index (χ3n) is 4.24. The topological polar surface area (TPSA) is 33.1 Å². The quantitative estimate of drug-likeness (QED) is 0.836. The van der Waals surface area contributed by atoms with E-state index >= 15 is 0 Å². The van der Waals surface area contributed by atoms with Gasteiger partial charge in [-0.2, -0.15) is 0 Å². The lowest BCUT2D eigenvalue weighted by Gasteiger charge is -2.56. The molecular weight excluding hydrogens is 205 g/mol. The predicted molar refractivity (Wildman–Crippen MR) is 60.5 cm³/mol. The van der Waals surface area contributed by atoms with Crippen LogP contribution in [0.5, 0.6) is 0 Å². The molecule has 2 rings (SSSR count). The fourth-order valence-corrected chi connectivity index (χ4v) is 3.06. The predicted octanol–water partition coefficient (Wildman–Crippen LogP) is 2.73. The van der Waals surface area contributed by atoms with Crippen molar-refractivity contribution in [2.75, 3.05) is 0 Å². The molecule has 2 nitrogen and oxygen atoms in total. The minimum atomic E-state index is -0.311. The number of aromatic nitrogens is 1. The van der Waals surface area contributed by atoms with Crippen LogP contribution in [0.15, 0.2) is 18.3 Å². The summed E-state index contributed by atoms with van der Waals surface area (Å²) in [6.07, 6.45) is 1.87. The number of hydrogen-bond donors (Lipinski definition) is 1. The second-order valence-electron chi connectivity index (χ2n) is 5.04. The fraction of sp³-hybridized carbons (Fsp3) is 0.615. The minimum absolute atomic E-state index is 0.121. The van der Waals surface area contributed by atoms with Crippen LogP contribution in [0.2, 0.25) is 0 Å². The highest BCUT2D eigenvalue weighted by Gasteiger charge is 2.56. The van der Waals surface area contributed by atoms with E-state index in [1.54, 1.807) is 6.07 Å². The highest BCUT2D eigenvalue weighted by molar-refractivity contribution is 5.23. The Morgan fingerprint density at radius 2 is 2.19 bits per heavy atom. The normalized spacial score (nSPS) is 38.2. The molecule has 1 aromatic heterocycles. The van der Waals surface area contributed by atoms with Crippen LogP contribution in [0, 0.1) is 17.2 Å². The molecule has 4 atom stereocenters. The lowest BCUT2D eigenvalue weighted by molar-refractivity contribution is -0.130. The van der Waals surface area contributed by atoms with Crippen molar-refractivity contribution in [1.82, 2.24) is 4.98 Å². The largest absolute Gasteiger partial charge is 0.392 e. The molecular formula is C13H18FNO. The van der Waals surface area contributed by atoms with Gasteiger partial charge in [0, 0.05) is 17.0 Å². The van der Waals surface area contributed by atoms with Gasteiger partial charge in [-0.15, -0.1) is 0 Å². The maximum absolute atomic E-state index is 12.8. The van der Waals surface area contributed by atoms with Crippen molar-refractivity contribution in [3.8, 4) is 0 Å². The maximum Gasteiger partial charge on any atom is 0.141 e. The van der Waals surface area contributed by atoms with E-state index in [4.69, 9.17) is 0 Å². The van der Waals surface area contributed by atoms with Gasteiger partial charge in [-0.1, -0.05) is 20.8 Å². The summed E-state index contributed by atoms with van der Waals surface area (Å²) >= 11 is 0. The van der Waals surface area contributed by atoms with E-state index in [-0.39, 0.29) is 29.2 Å². The lowest BCUT2D eigenvalue weighted by Crippen LogP contribution is -2.56. The Balaban J connectivity index is 2.30. The zero-order valence-electron chi connectivity index (χ0n) is 9.94. The van der Waals surface area contributed by atoms with Crippen LogP contribution < -0.4 is 0 Å². The van der Waals surface area contributed by atoms with Crippen LogP contribution in [-0.4, -0.2) is 16.2 Å². The molecule has 1 aliphatic rings. The molecule has 1 N–H and O–H groups in total. The van der Waals surface area contributed by atoms with Crippen LogP contribution in [0.3, 0.4) is 0 Å². The van der Waals surface area contributed by atoms with Crippen molar-refractivity contribution in [1.29, 1.82) is 0 Å². The summed E-state index contributed by atoms with van der Waals surface area (Å²) < 4.78 is 12.8. The van der Waals surface area contributed by atoms with Crippen molar-refractivity contribution in [3.05, 3.63) is 29.8 Å². The first kappa shape index (κ1) is 11.5. The first-order valence-electron chi connectivity index (χ1n) is 5.80. The van der Waals surface area contributed by atoms with Gasteiger partial charge >= 0.3 is 0 Å². The third-order valence-corrected chi connectivity index (χ3v) is 4.24. The number of aliphatic hydroxyl groups excluding tert-OH is 1. The molecule has 4 unspecified atom stereocenters. The third kappa shape index (κ3) is 1.46. The molecule has 1 fully saturated rings. The van der Waals surface area contributed by atoms with Crippen molar-refractivity contribution in [2.24, 2.45) is 11.3 Å². The molecule has 0 spiro atoms. The highest BCUT2D eigenvalue weighted by Crippen LogP contribution is 2.57. The SMILES string of the molecule is CCC1(C)C(O)C(C)C1c1ccc(F)cn1. The molecule has 1 saturated carbocycles. The van der Waals surface area contributed by atoms with Crippen LogP contribution >= 0.6 is 0 Å². The number of nitrogens with zero attached hydrogens (tertiary/aromatic N) is 1. The van der Waals surface area contributed by atoms with Gasteiger partial charge in [0.1, 0.15) is 5.82 Å². The molecule has 3 heteroatoms. The summed E-state index contributed by atoms with van der Waals surface area (Å²) in [5.74, 6) is 0.116. The Morgan fingerprint density at radius 1 is 1.50 bits per heavy atom. The van der Waals surface area contributed by atoms with Gasteiger partial charge in [0.05, 0.1) is 12.3 Å². The van der Waals surface area contributed by atoms with Gasteiger partial charge in [0.2, 0.25) is 0 Å². The Labute approximate surface area is 95.5 Å². The van der Waals surface area contributed by atoms with Crippen molar-refractivity contribution < 1.29 is 9.50 Å². The van der Waals surface area contributed by atoms with Gasteiger partial charge in [0.15, 0.2) is 0 Å². The number of hydrogen-bond acceptors (Lipinski definition) is 2. The molecule has 1 heterocycles. The number of aliphatic hydroxyl groups is 1. The number of rotatable bonds is 2. The summed E-state index contributed by atoms with van der Waals surface area (Å²) in [7, 11) is 0. The van der Waals surface area contributed by atoms with Crippen LogP contribution in [0.4, 0.5) is 4.39 Å². The highest BCUT2D eigenvalue weighted by atomic mass is 19.1. The zero-order chi connectivity index (χ0) is 11.9. The Hall–Kier alpha value is -0.960. The molecule has 16 heavy (non-hydrogen) atoms. The number of halogens is 1. The summed E-state index contributed by atoms with van der Waals surface area (Å²) in [5.41, 5.74) is 0.771. The van der Waals surface area contributed by atoms with E-state index in [9.17, 15) is 9.50 Å². The van der Waals surface area contributed by atoms with Crippen LogP contribution in [0.1, 0.15) is 38.8 Å². The van der Waals surface area contributed by atoms with E-state index in [2.05, 4.69) is 18.8 Å². The molecule has 0 radical (unpaired) electrons. The second-order valence-corrected chi connectivity index (χ2v) is 5.04. The Morgan fingerprint density at radius 3 is 2.69 bits per heavy atom. The molecule has 1 aromatic rings. The van der Waals surface area contributed by atoms with E-state index in [0.717, 1.165) is 12.1 Å².